The first kappa shape index (κ1) is 19.5. The van der Waals surface area contributed by atoms with Gasteiger partial charge in [-0.05, 0) is 37.3 Å². The molecule has 10 heteroatoms. The van der Waals surface area contributed by atoms with Crippen molar-refractivity contribution in [2.45, 2.75) is 28.8 Å². The van der Waals surface area contributed by atoms with Crippen LogP contribution in [-0.4, -0.2) is 43.0 Å². The molecule has 0 fully saturated rings. The zero-order valence-corrected chi connectivity index (χ0v) is 16.6. The minimum absolute atomic E-state index is 0.133. The first-order valence-electron chi connectivity index (χ1n) is 8.07. The molecule has 0 saturated heterocycles. The summed E-state index contributed by atoms with van der Waals surface area (Å²) in [6.45, 7) is 2.04. The lowest BCUT2D eigenvalue weighted by atomic mass is 10.3. The molecule has 0 saturated carbocycles. The molecule has 8 nitrogen and oxygen atoms in total. The predicted octanol–water partition coefficient (Wildman–Crippen LogP) is 2.47. The lowest BCUT2D eigenvalue weighted by Crippen LogP contribution is -2.30. The number of furan rings is 1. The summed E-state index contributed by atoms with van der Waals surface area (Å²) >= 11 is 1.15. The number of carbonyl (C=O) groups is 1. The summed E-state index contributed by atoms with van der Waals surface area (Å²) in [5.41, 5.74) is 0.877. The number of nitrogens with one attached hydrogen (secondary N) is 1. The second-order valence-corrected chi connectivity index (χ2v) is 9.40. The van der Waals surface area contributed by atoms with E-state index >= 15 is 0 Å². The molecule has 0 aliphatic heterocycles. The monoisotopic (exact) mass is 409 g/mol. The van der Waals surface area contributed by atoms with E-state index in [9.17, 15) is 13.2 Å². The molecule has 1 aromatic carbocycles. The fourth-order valence-corrected chi connectivity index (χ4v) is 3.95. The molecule has 0 radical (unpaired) electrons. The smallest absolute Gasteiger partial charge is 0.257 e. The normalized spacial score (nSPS) is 13.2. The van der Waals surface area contributed by atoms with Gasteiger partial charge >= 0.3 is 0 Å². The average Bonchev–Trinajstić information content (AvgIpc) is 3.27. The highest BCUT2D eigenvalue weighted by Gasteiger charge is 2.21. The Morgan fingerprint density at radius 2 is 2.11 bits per heavy atom. The molecular weight excluding hydrogens is 390 g/mol. The van der Waals surface area contributed by atoms with Crippen LogP contribution in [0.3, 0.4) is 0 Å². The Morgan fingerprint density at radius 1 is 1.33 bits per heavy atom. The maximum atomic E-state index is 12.2. The first-order valence-corrected chi connectivity index (χ1v) is 10.4. The number of hydrogen-bond donors (Lipinski definition) is 1. The number of aromatic nitrogens is 1. The third kappa shape index (κ3) is 4.34. The molecule has 144 valence electrons. The van der Waals surface area contributed by atoms with Gasteiger partial charge in [0.25, 0.3) is 5.22 Å². The Morgan fingerprint density at radius 3 is 2.78 bits per heavy atom. The van der Waals surface area contributed by atoms with Gasteiger partial charge in [0.15, 0.2) is 5.58 Å². The van der Waals surface area contributed by atoms with Gasteiger partial charge in [0.1, 0.15) is 11.3 Å². The van der Waals surface area contributed by atoms with Crippen LogP contribution in [0.1, 0.15) is 12.7 Å². The summed E-state index contributed by atoms with van der Waals surface area (Å²) in [6.07, 6.45) is 1.54. The van der Waals surface area contributed by atoms with E-state index in [4.69, 9.17) is 8.83 Å². The zero-order chi connectivity index (χ0) is 19.6. The van der Waals surface area contributed by atoms with E-state index in [1.54, 1.807) is 31.4 Å². The average molecular weight is 409 g/mol. The number of amides is 1. The SMILES string of the molecule is C[C@@H](Sc1nc2cc(S(=O)(=O)N(C)C)ccc2o1)C(=O)NCc1ccco1. The van der Waals surface area contributed by atoms with E-state index in [1.165, 1.54) is 26.2 Å². The van der Waals surface area contributed by atoms with Gasteiger partial charge < -0.3 is 14.2 Å². The topological polar surface area (TPSA) is 106 Å². The Bertz CT molecular complexity index is 1040. The van der Waals surface area contributed by atoms with Crippen molar-refractivity contribution in [3.8, 4) is 0 Å². The van der Waals surface area contributed by atoms with Gasteiger partial charge in [-0.1, -0.05) is 11.8 Å². The summed E-state index contributed by atoms with van der Waals surface area (Å²) in [6, 6.07) is 8.02. The molecular formula is C17H19N3O5S2. The second-order valence-electron chi connectivity index (χ2n) is 5.95. The van der Waals surface area contributed by atoms with Crippen molar-refractivity contribution in [3.05, 3.63) is 42.4 Å². The summed E-state index contributed by atoms with van der Waals surface area (Å²) < 4.78 is 36.4. The van der Waals surface area contributed by atoms with Gasteiger partial charge in [0.05, 0.1) is 23.0 Å². The minimum atomic E-state index is -3.55. The zero-order valence-electron chi connectivity index (χ0n) is 15.0. The van der Waals surface area contributed by atoms with Crippen LogP contribution in [0.2, 0.25) is 0 Å². The van der Waals surface area contributed by atoms with E-state index < -0.39 is 15.3 Å². The van der Waals surface area contributed by atoms with Crippen LogP contribution in [0.15, 0.2) is 55.5 Å². The molecule has 2 aromatic heterocycles. The van der Waals surface area contributed by atoms with Crippen molar-refractivity contribution in [2.75, 3.05) is 14.1 Å². The number of nitrogens with zero attached hydrogens (tertiary/aromatic N) is 2. The molecule has 1 N–H and O–H groups in total. The standard InChI is InChI=1S/C17H19N3O5S2/c1-11(16(21)18-10-12-5-4-8-24-12)26-17-19-14-9-13(6-7-15(14)25-17)27(22,23)20(2)3/h4-9,11H,10H2,1-3H3,(H,18,21)/t11-/m1/s1. The fraction of sp³-hybridized carbons (Fsp3) is 0.294. The highest BCUT2D eigenvalue weighted by Crippen LogP contribution is 2.28. The Labute approximate surface area is 161 Å². The van der Waals surface area contributed by atoms with E-state index in [-0.39, 0.29) is 10.8 Å². The van der Waals surface area contributed by atoms with E-state index in [2.05, 4.69) is 10.3 Å². The third-order valence-electron chi connectivity index (χ3n) is 3.78. The molecule has 2 heterocycles. The summed E-state index contributed by atoms with van der Waals surface area (Å²) in [5, 5.41) is 2.62. The molecule has 0 unspecified atom stereocenters. The molecule has 0 aliphatic rings. The molecule has 27 heavy (non-hydrogen) atoms. The molecule has 0 bridgehead atoms. The van der Waals surface area contributed by atoms with Crippen LogP contribution >= 0.6 is 11.8 Å². The van der Waals surface area contributed by atoms with Gasteiger partial charge in [-0.25, -0.2) is 17.7 Å². The van der Waals surface area contributed by atoms with Crippen molar-refractivity contribution in [3.63, 3.8) is 0 Å². The van der Waals surface area contributed by atoms with Crippen LogP contribution in [0.4, 0.5) is 0 Å². The number of oxazole rings is 1. The van der Waals surface area contributed by atoms with Gasteiger partial charge in [-0.15, -0.1) is 0 Å². The number of sulfonamides is 1. The fourth-order valence-electron chi connectivity index (χ4n) is 2.24. The summed E-state index contributed by atoms with van der Waals surface area (Å²) in [5.74, 6) is 0.478. The number of thioether (sulfide) groups is 1. The van der Waals surface area contributed by atoms with Gasteiger partial charge in [0.2, 0.25) is 15.9 Å². The van der Waals surface area contributed by atoms with E-state index in [0.717, 1.165) is 16.1 Å². The van der Waals surface area contributed by atoms with Crippen LogP contribution in [-0.2, 0) is 21.4 Å². The first-order chi connectivity index (χ1) is 12.8. The van der Waals surface area contributed by atoms with Crippen LogP contribution in [0.25, 0.3) is 11.1 Å². The maximum absolute atomic E-state index is 12.2. The second kappa shape index (κ2) is 7.75. The van der Waals surface area contributed by atoms with Crippen molar-refractivity contribution >= 4 is 38.8 Å². The molecule has 0 aliphatic carbocycles. The summed E-state index contributed by atoms with van der Waals surface area (Å²) in [4.78, 5) is 16.6. The molecule has 1 atom stereocenters. The molecule has 3 rings (SSSR count). The van der Waals surface area contributed by atoms with Crippen molar-refractivity contribution < 1.29 is 22.0 Å². The van der Waals surface area contributed by atoms with Crippen molar-refractivity contribution in [1.29, 1.82) is 0 Å². The largest absolute Gasteiger partial charge is 0.467 e. The lowest BCUT2D eigenvalue weighted by Gasteiger charge is -2.10. The van der Waals surface area contributed by atoms with Gasteiger partial charge in [-0.2, -0.15) is 0 Å². The minimum Gasteiger partial charge on any atom is -0.467 e. The van der Waals surface area contributed by atoms with Crippen LogP contribution in [0, 0.1) is 0 Å². The maximum Gasteiger partial charge on any atom is 0.257 e. The van der Waals surface area contributed by atoms with Crippen molar-refractivity contribution in [1.82, 2.24) is 14.6 Å². The van der Waals surface area contributed by atoms with Crippen LogP contribution in [0.5, 0.6) is 0 Å². The highest BCUT2D eigenvalue weighted by atomic mass is 32.2. The van der Waals surface area contributed by atoms with Crippen molar-refractivity contribution in [2.24, 2.45) is 0 Å². The Kier molecular flexibility index (Phi) is 5.59. The summed E-state index contributed by atoms with van der Waals surface area (Å²) in [7, 11) is -0.623. The Balaban J connectivity index is 1.70. The number of benzene rings is 1. The van der Waals surface area contributed by atoms with Gasteiger partial charge in [0, 0.05) is 14.1 Å². The molecule has 1 amide bonds. The van der Waals surface area contributed by atoms with E-state index in [1.807, 2.05) is 0 Å². The quantitative estimate of drug-likeness (QED) is 0.598. The number of carbonyl (C=O) groups excluding carboxylic acids is 1. The third-order valence-corrected chi connectivity index (χ3v) is 6.54. The lowest BCUT2D eigenvalue weighted by molar-refractivity contribution is -0.120. The predicted molar refractivity (Wildman–Crippen MR) is 101 cm³/mol. The van der Waals surface area contributed by atoms with Crippen LogP contribution < -0.4 is 5.32 Å². The van der Waals surface area contributed by atoms with E-state index in [0.29, 0.717) is 28.6 Å². The highest BCUT2D eigenvalue weighted by molar-refractivity contribution is 8.00. The number of rotatable bonds is 7. The number of hydrogen-bond acceptors (Lipinski definition) is 7. The molecule has 3 aromatic rings. The molecule has 0 spiro atoms. The number of fused-ring (bicyclic) bond motifs is 1. The van der Waals surface area contributed by atoms with Gasteiger partial charge in [-0.3, -0.25) is 4.79 Å². The Hall–Kier alpha value is -2.30.